The average molecular weight is 345 g/mol. The molecule has 0 fully saturated rings. The summed E-state index contributed by atoms with van der Waals surface area (Å²) >= 11 is 0. The van der Waals surface area contributed by atoms with Crippen LogP contribution in [0.15, 0.2) is 30.3 Å². The molecule has 0 saturated carbocycles. The number of methoxy groups -OCH3 is 4. The smallest absolute Gasteiger partial charge is 0.228 e. The van der Waals surface area contributed by atoms with Gasteiger partial charge in [-0.25, -0.2) is 0 Å². The Morgan fingerprint density at radius 2 is 1.52 bits per heavy atom. The molecule has 0 heterocycles. The Morgan fingerprint density at radius 1 is 0.880 bits per heavy atom. The van der Waals surface area contributed by atoms with Crippen LogP contribution < -0.4 is 24.3 Å². The van der Waals surface area contributed by atoms with Crippen LogP contribution in [0.5, 0.6) is 23.0 Å². The van der Waals surface area contributed by atoms with Crippen LogP contribution in [-0.4, -0.2) is 34.3 Å². The molecule has 25 heavy (non-hydrogen) atoms. The Kier molecular flexibility index (Phi) is 6.11. The van der Waals surface area contributed by atoms with Gasteiger partial charge < -0.3 is 24.3 Å². The number of ether oxygens (including phenoxy) is 4. The highest BCUT2D eigenvalue weighted by molar-refractivity contribution is 5.93. The highest BCUT2D eigenvalue weighted by atomic mass is 16.5. The van der Waals surface area contributed by atoms with Crippen molar-refractivity contribution in [1.82, 2.24) is 0 Å². The van der Waals surface area contributed by atoms with E-state index in [4.69, 9.17) is 18.9 Å². The summed E-state index contributed by atoms with van der Waals surface area (Å²) in [6.07, 6.45) is 0.183. The molecule has 0 bridgehead atoms. The van der Waals surface area contributed by atoms with Crippen molar-refractivity contribution in [2.75, 3.05) is 33.8 Å². The molecule has 0 unspecified atom stereocenters. The fourth-order valence-electron chi connectivity index (χ4n) is 2.67. The molecule has 1 N–H and O–H groups in total. The normalized spacial score (nSPS) is 10.1. The molecule has 0 aromatic heterocycles. The Bertz CT molecular complexity index is 758. The summed E-state index contributed by atoms with van der Waals surface area (Å²) in [6, 6.07) is 8.88. The van der Waals surface area contributed by atoms with Crippen LogP contribution in [0.1, 0.15) is 11.1 Å². The van der Waals surface area contributed by atoms with E-state index in [-0.39, 0.29) is 12.3 Å². The van der Waals surface area contributed by atoms with E-state index in [2.05, 4.69) is 5.32 Å². The topological polar surface area (TPSA) is 66.0 Å². The summed E-state index contributed by atoms with van der Waals surface area (Å²) in [5.74, 6) is 2.38. The van der Waals surface area contributed by atoms with Crippen LogP contribution in [0.2, 0.25) is 0 Å². The lowest BCUT2D eigenvalue weighted by Crippen LogP contribution is -2.15. The first kappa shape index (κ1) is 18.4. The molecular weight excluding hydrogens is 322 g/mol. The molecule has 0 atom stereocenters. The monoisotopic (exact) mass is 345 g/mol. The van der Waals surface area contributed by atoms with E-state index in [1.165, 1.54) is 0 Å². The fraction of sp³-hybridized carbons (Fsp3) is 0.316. The van der Waals surface area contributed by atoms with E-state index >= 15 is 0 Å². The van der Waals surface area contributed by atoms with Crippen LogP contribution >= 0.6 is 0 Å². The number of anilines is 1. The molecular formula is C19H23NO5. The third-order valence-corrected chi connectivity index (χ3v) is 3.88. The first-order valence-corrected chi connectivity index (χ1v) is 7.76. The van der Waals surface area contributed by atoms with Crippen LogP contribution in [0.4, 0.5) is 5.69 Å². The van der Waals surface area contributed by atoms with Gasteiger partial charge in [-0.3, -0.25) is 4.79 Å². The molecule has 0 aliphatic carbocycles. The number of benzene rings is 2. The molecule has 0 aliphatic heterocycles. The molecule has 2 aromatic rings. The maximum atomic E-state index is 12.4. The number of hydrogen-bond donors (Lipinski definition) is 1. The van der Waals surface area contributed by atoms with E-state index in [0.717, 1.165) is 16.9 Å². The van der Waals surface area contributed by atoms with Crippen molar-refractivity contribution in [3.8, 4) is 23.0 Å². The second-order valence-electron chi connectivity index (χ2n) is 5.38. The molecule has 1 amide bonds. The molecule has 6 heteroatoms. The molecule has 134 valence electrons. The SMILES string of the molecule is COc1ccc(NC(=O)Cc2ccc(OC)c(C)c2OC)cc1OC. The van der Waals surface area contributed by atoms with E-state index in [1.54, 1.807) is 46.6 Å². The van der Waals surface area contributed by atoms with Gasteiger partial charge in [0.1, 0.15) is 11.5 Å². The quantitative estimate of drug-likeness (QED) is 0.835. The molecule has 0 saturated heterocycles. The van der Waals surface area contributed by atoms with Crippen molar-refractivity contribution in [2.24, 2.45) is 0 Å². The molecule has 0 spiro atoms. The molecule has 0 aliphatic rings. The van der Waals surface area contributed by atoms with Crippen LogP contribution in [0.25, 0.3) is 0 Å². The van der Waals surface area contributed by atoms with Crippen molar-refractivity contribution in [1.29, 1.82) is 0 Å². The average Bonchev–Trinajstić information content (AvgIpc) is 2.62. The number of hydrogen-bond acceptors (Lipinski definition) is 5. The van der Waals surface area contributed by atoms with Gasteiger partial charge in [0.15, 0.2) is 11.5 Å². The lowest BCUT2D eigenvalue weighted by Gasteiger charge is -2.15. The van der Waals surface area contributed by atoms with Crippen molar-refractivity contribution >= 4 is 11.6 Å². The van der Waals surface area contributed by atoms with Gasteiger partial charge in [0.2, 0.25) is 5.91 Å². The van der Waals surface area contributed by atoms with E-state index < -0.39 is 0 Å². The van der Waals surface area contributed by atoms with E-state index in [9.17, 15) is 4.79 Å². The summed E-state index contributed by atoms with van der Waals surface area (Å²) in [4.78, 5) is 12.4. The van der Waals surface area contributed by atoms with Gasteiger partial charge in [0.05, 0.1) is 34.9 Å². The zero-order valence-electron chi connectivity index (χ0n) is 15.1. The number of carbonyl (C=O) groups excluding carboxylic acids is 1. The van der Waals surface area contributed by atoms with Crippen LogP contribution in [0.3, 0.4) is 0 Å². The number of rotatable bonds is 7. The van der Waals surface area contributed by atoms with E-state index in [1.807, 2.05) is 19.1 Å². The Balaban J connectivity index is 2.17. The van der Waals surface area contributed by atoms with Gasteiger partial charge in [-0.05, 0) is 25.1 Å². The van der Waals surface area contributed by atoms with Crippen molar-refractivity contribution < 1.29 is 23.7 Å². The highest BCUT2D eigenvalue weighted by Gasteiger charge is 2.15. The number of amides is 1. The summed E-state index contributed by atoms with van der Waals surface area (Å²) in [7, 11) is 6.30. The first-order valence-electron chi connectivity index (χ1n) is 7.76. The zero-order chi connectivity index (χ0) is 18.4. The van der Waals surface area contributed by atoms with E-state index in [0.29, 0.717) is 22.9 Å². The zero-order valence-corrected chi connectivity index (χ0v) is 15.1. The Morgan fingerprint density at radius 3 is 2.12 bits per heavy atom. The molecule has 2 aromatic carbocycles. The second kappa shape index (κ2) is 8.28. The maximum absolute atomic E-state index is 12.4. The van der Waals surface area contributed by atoms with Crippen LogP contribution in [0, 0.1) is 6.92 Å². The molecule has 0 radical (unpaired) electrons. The minimum atomic E-state index is -0.157. The van der Waals surface area contributed by atoms with Gasteiger partial charge in [0, 0.05) is 22.9 Å². The predicted octanol–water partition coefficient (Wildman–Crippen LogP) is 3.21. The highest BCUT2D eigenvalue weighted by Crippen LogP contribution is 2.32. The third-order valence-electron chi connectivity index (χ3n) is 3.88. The standard InChI is InChI=1S/C19H23NO5/c1-12-15(22-2)8-6-13(19(12)25-5)10-18(21)20-14-7-9-16(23-3)17(11-14)24-4/h6-9,11H,10H2,1-5H3,(H,20,21). The van der Waals surface area contributed by atoms with Crippen molar-refractivity contribution in [2.45, 2.75) is 13.3 Å². The minimum Gasteiger partial charge on any atom is -0.496 e. The summed E-state index contributed by atoms with van der Waals surface area (Å²) in [5, 5.41) is 2.85. The minimum absolute atomic E-state index is 0.157. The summed E-state index contributed by atoms with van der Waals surface area (Å²) in [5.41, 5.74) is 2.28. The second-order valence-corrected chi connectivity index (χ2v) is 5.38. The van der Waals surface area contributed by atoms with Gasteiger partial charge in [-0.1, -0.05) is 6.07 Å². The largest absolute Gasteiger partial charge is 0.496 e. The lowest BCUT2D eigenvalue weighted by molar-refractivity contribution is -0.115. The number of carbonyl (C=O) groups is 1. The predicted molar refractivity (Wildman–Crippen MR) is 96.2 cm³/mol. The summed E-state index contributed by atoms with van der Waals surface area (Å²) in [6.45, 7) is 1.90. The first-order chi connectivity index (χ1) is 12.0. The Hall–Kier alpha value is -2.89. The number of nitrogens with one attached hydrogen (secondary N) is 1. The third kappa shape index (κ3) is 4.15. The summed E-state index contributed by atoms with van der Waals surface area (Å²) < 4.78 is 21.2. The van der Waals surface area contributed by atoms with Crippen LogP contribution in [-0.2, 0) is 11.2 Å². The lowest BCUT2D eigenvalue weighted by atomic mass is 10.1. The molecule has 2 rings (SSSR count). The van der Waals surface area contributed by atoms with Crippen molar-refractivity contribution in [3.63, 3.8) is 0 Å². The maximum Gasteiger partial charge on any atom is 0.228 e. The van der Waals surface area contributed by atoms with Gasteiger partial charge in [-0.2, -0.15) is 0 Å². The van der Waals surface area contributed by atoms with Gasteiger partial charge >= 0.3 is 0 Å². The molecule has 6 nitrogen and oxygen atoms in total. The van der Waals surface area contributed by atoms with Gasteiger partial charge in [0.25, 0.3) is 0 Å². The van der Waals surface area contributed by atoms with Gasteiger partial charge in [-0.15, -0.1) is 0 Å². The Labute approximate surface area is 147 Å². The fourth-order valence-corrected chi connectivity index (χ4v) is 2.67. The van der Waals surface area contributed by atoms with Crippen molar-refractivity contribution in [3.05, 3.63) is 41.5 Å².